The number of ether oxygens (including phenoxy) is 1. The van der Waals surface area contributed by atoms with E-state index in [0.717, 1.165) is 5.69 Å². The Balaban J connectivity index is 1.66. The van der Waals surface area contributed by atoms with E-state index in [-0.39, 0.29) is 17.7 Å². The molecular weight excluding hydrogens is 374 g/mol. The van der Waals surface area contributed by atoms with Crippen molar-refractivity contribution in [1.29, 1.82) is 0 Å². The summed E-state index contributed by atoms with van der Waals surface area (Å²) in [4.78, 5) is 33.8. The molecule has 0 unspecified atom stereocenters. The van der Waals surface area contributed by atoms with Crippen LogP contribution < -0.4 is 10.9 Å². The van der Waals surface area contributed by atoms with Crippen molar-refractivity contribution in [3.63, 3.8) is 0 Å². The number of pyridine rings is 2. The fraction of sp³-hybridized carbons (Fsp3) is 0.350. The Morgan fingerprint density at radius 1 is 1.31 bits per heavy atom. The molecule has 9 heteroatoms. The number of nitrogens with one attached hydrogen (secondary N) is 1. The van der Waals surface area contributed by atoms with Crippen LogP contribution >= 0.6 is 0 Å². The predicted octanol–water partition coefficient (Wildman–Crippen LogP) is 1.53. The van der Waals surface area contributed by atoms with E-state index in [0.29, 0.717) is 42.5 Å². The van der Waals surface area contributed by atoms with Crippen molar-refractivity contribution in [3.8, 4) is 11.5 Å². The van der Waals surface area contributed by atoms with Gasteiger partial charge in [-0.3, -0.25) is 14.6 Å². The summed E-state index contributed by atoms with van der Waals surface area (Å²) < 4.78 is 11.8. The number of amides is 1. The zero-order valence-electron chi connectivity index (χ0n) is 16.6. The molecule has 3 rings (SSSR count). The molecule has 0 aromatic carbocycles. The minimum Gasteiger partial charge on any atom is -0.383 e. The molecule has 0 radical (unpaired) electrons. The van der Waals surface area contributed by atoms with Crippen LogP contribution in [-0.2, 0) is 17.7 Å². The zero-order valence-corrected chi connectivity index (χ0v) is 16.6. The topological polar surface area (TPSA) is 112 Å². The van der Waals surface area contributed by atoms with Crippen LogP contribution in [0.1, 0.15) is 27.5 Å². The van der Waals surface area contributed by atoms with Crippen LogP contribution in [0.4, 0.5) is 0 Å². The van der Waals surface area contributed by atoms with E-state index in [4.69, 9.17) is 9.26 Å². The molecule has 9 nitrogen and oxygen atoms in total. The monoisotopic (exact) mass is 397 g/mol. The number of aromatic nitrogens is 4. The van der Waals surface area contributed by atoms with E-state index in [9.17, 15) is 9.59 Å². The number of carbonyl (C=O) groups excluding carboxylic acids is 1. The number of aryl methyl sites for hydroxylation is 2. The van der Waals surface area contributed by atoms with Crippen LogP contribution in [0.5, 0.6) is 0 Å². The Labute approximate surface area is 167 Å². The van der Waals surface area contributed by atoms with Crippen molar-refractivity contribution in [2.24, 2.45) is 0 Å². The van der Waals surface area contributed by atoms with Gasteiger partial charge in [-0.1, -0.05) is 11.2 Å². The highest BCUT2D eigenvalue weighted by atomic mass is 16.5. The lowest BCUT2D eigenvalue weighted by Crippen LogP contribution is -2.36. The number of hydrogen-bond donors (Lipinski definition) is 1. The minimum absolute atomic E-state index is 0.131. The number of rotatable bonds is 8. The molecule has 1 amide bonds. The Bertz CT molecular complexity index is 1040. The lowest BCUT2D eigenvalue weighted by molar-refractivity contribution is 0.0950. The van der Waals surface area contributed by atoms with Gasteiger partial charge in [-0.05, 0) is 37.6 Å². The standard InChI is InChI=1S/C20H23N5O4/c1-13-12-14(2)25(10-11-28-3)20(27)17(13)19(26)22-9-7-16-23-18(24-29-16)15-6-4-5-8-21-15/h4-6,8,12H,7,9-11H2,1-3H3,(H,22,26). The van der Waals surface area contributed by atoms with Crippen LogP contribution in [0, 0.1) is 13.8 Å². The maximum Gasteiger partial charge on any atom is 0.263 e. The Hall–Kier alpha value is -3.33. The third-order valence-electron chi connectivity index (χ3n) is 4.44. The molecule has 0 aliphatic carbocycles. The van der Waals surface area contributed by atoms with E-state index in [1.165, 1.54) is 0 Å². The molecule has 0 saturated carbocycles. The van der Waals surface area contributed by atoms with Crippen molar-refractivity contribution in [3.05, 3.63) is 63.5 Å². The molecule has 3 aromatic heterocycles. The van der Waals surface area contributed by atoms with Crippen molar-refractivity contribution in [1.82, 2.24) is 25.0 Å². The van der Waals surface area contributed by atoms with Gasteiger partial charge >= 0.3 is 0 Å². The average molecular weight is 397 g/mol. The Kier molecular flexibility index (Phi) is 6.50. The third kappa shape index (κ3) is 4.75. The third-order valence-corrected chi connectivity index (χ3v) is 4.44. The van der Waals surface area contributed by atoms with Gasteiger partial charge < -0.3 is 19.1 Å². The summed E-state index contributed by atoms with van der Waals surface area (Å²) in [6.45, 7) is 4.62. The van der Waals surface area contributed by atoms with Crippen LogP contribution in [0.25, 0.3) is 11.5 Å². The molecule has 0 saturated heterocycles. The molecular formula is C20H23N5O4. The summed E-state index contributed by atoms with van der Waals surface area (Å²) in [6, 6.07) is 7.24. The molecule has 152 valence electrons. The average Bonchev–Trinajstić information content (AvgIpc) is 3.17. The first-order chi connectivity index (χ1) is 14.0. The summed E-state index contributed by atoms with van der Waals surface area (Å²) in [6.07, 6.45) is 1.99. The quantitative estimate of drug-likeness (QED) is 0.613. The Morgan fingerprint density at radius 3 is 2.86 bits per heavy atom. The fourth-order valence-electron chi connectivity index (χ4n) is 2.99. The SMILES string of the molecule is COCCn1c(C)cc(C)c(C(=O)NCCc2nc(-c3ccccn3)no2)c1=O. The maximum absolute atomic E-state index is 12.8. The molecule has 0 fully saturated rings. The van der Waals surface area contributed by atoms with Crippen LogP contribution in [-0.4, -0.2) is 45.9 Å². The first-order valence-electron chi connectivity index (χ1n) is 9.23. The maximum atomic E-state index is 12.8. The van der Waals surface area contributed by atoms with Crippen molar-refractivity contribution in [2.75, 3.05) is 20.3 Å². The molecule has 0 atom stereocenters. The van der Waals surface area contributed by atoms with Crippen molar-refractivity contribution >= 4 is 5.91 Å². The van der Waals surface area contributed by atoms with Crippen LogP contribution in [0.3, 0.4) is 0 Å². The molecule has 0 spiro atoms. The first kappa shape index (κ1) is 20.4. The van der Waals surface area contributed by atoms with Gasteiger partial charge in [0.15, 0.2) is 0 Å². The number of nitrogens with zero attached hydrogens (tertiary/aromatic N) is 4. The largest absolute Gasteiger partial charge is 0.383 e. The van der Waals surface area contributed by atoms with E-state index in [1.54, 1.807) is 36.9 Å². The molecule has 0 bridgehead atoms. The lowest BCUT2D eigenvalue weighted by atomic mass is 10.1. The summed E-state index contributed by atoms with van der Waals surface area (Å²) in [5, 5.41) is 6.65. The summed E-state index contributed by atoms with van der Waals surface area (Å²) in [5.41, 5.74) is 1.83. The summed E-state index contributed by atoms with van der Waals surface area (Å²) in [5.74, 6) is 0.342. The number of methoxy groups -OCH3 is 1. The number of carbonyl (C=O) groups is 1. The second-order valence-electron chi connectivity index (χ2n) is 6.53. The van der Waals surface area contributed by atoms with Crippen LogP contribution in [0.2, 0.25) is 0 Å². The van der Waals surface area contributed by atoms with Gasteiger partial charge in [0.2, 0.25) is 11.7 Å². The normalized spacial score (nSPS) is 10.9. The molecule has 0 aliphatic rings. The second-order valence-corrected chi connectivity index (χ2v) is 6.53. The van der Waals surface area contributed by atoms with Gasteiger partial charge in [0.05, 0.1) is 6.61 Å². The molecule has 29 heavy (non-hydrogen) atoms. The summed E-state index contributed by atoms with van der Waals surface area (Å²) in [7, 11) is 1.57. The van der Waals surface area contributed by atoms with Gasteiger partial charge in [-0.2, -0.15) is 4.98 Å². The zero-order chi connectivity index (χ0) is 20.8. The second kappa shape index (κ2) is 9.24. The minimum atomic E-state index is -0.428. The van der Waals surface area contributed by atoms with Gasteiger partial charge in [0.1, 0.15) is 11.3 Å². The molecule has 3 aromatic rings. The highest BCUT2D eigenvalue weighted by Crippen LogP contribution is 2.12. The van der Waals surface area contributed by atoms with Gasteiger partial charge in [0, 0.05) is 38.5 Å². The number of hydrogen-bond acceptors (Lipinski definition) is 7. The molecule has 3 heterocycles. The van der Waals surface area contributed by atoms with E-state index >= 15 is 0 Å². The van der Waals surface area contributed by atoms with Gasteiger partial charge in [0.25, 0.3) is 11.5 Å². The van der Waals surface area contributed by atoms with Gasteiger partial charge in [-0.25, -0.2) is 0 Å². The highest BCUT2D eigenvalue weighted by molar-refractivity contribution is 5.95. The van der Waals surface area contributed by atoms with Crippen LogP contribution in [0.15, 0.2) is 39.8 Å². The van der Waals surface area contributed by atoms with E-state index in [2.05, 4.69) is 20.4 Å². The Morgan fingerprint density at radius 2 is 2.14 bits per heavy atom. The van der Waals surface area contributed by atoms with E-state index < -0.39 is 5.91 Å². The molecule has 0 aliphatic heterocycles. The van der Waals surface area contributed by atoms with E-state index in [1.807, 2.05) is 19.1 Å². The first-order valence-corrected chi connectivity index (χ1v) is 9.23. The van der Waals surface area contributed by atoms with Crippen molar-refractivity contribution < 1.29 is 14.1 Å². The summed E-state index contributed by atoms with van der Waals surface area (Å²) >= 11 is 0. The van der Waals surface area contributed by atoms with Crippen molar-refractivity contribution in [2.45, 2.75) is 26.8 Å². The predicted molar refractivity (Wildman–Crippen MR) is 106 cm³/mol. The van der Waals surface area contributed by atoms with Gasteiger partial charge in [-0.15, -0.1) is 0 Å². The highest BCUT2D eigenvalue weighted by Gasteiger charge is 2.18. The fourth-order valence-corrected chi connectivity index (χ4v) is 2.99. The molecule has 1 N–H and O–H groups in total. The lowest BCUT2D eigenvalue weighted by Gasteiger charge is -2.14. The smallest absolute Gasteiger partial charge is 0.263 e.